The molecule has 1 fully saturated rings. The molecule has 3 rings (SSSR count). The van der Waals surface area contributed by atoms with E-state index in [0.717, 1.165) is 13.0 Å². The summed E-state index contributed by atoms with van der Waals surface area (Å²) < 4.78 is 0. The normalized spacial score (nSPS) is 24.3. The van der Waals surface area contributed by atoms with Crippen molar-refractivity contribution in [3.05, 3.63) is 21.9 Å². The van der Waals surface area contributed by atoms with Crippen LogP contribution in [-0.4, -0.2) is 23.2 Å². The zero-order valence-electron chi connectivity index (χ0n) is 8.99. The van der Waals surface area contributed by atoms with Gasteiger partial charge in [-0.15, -0.1) is 22.9 Å². The van der Waals surface area contributed by atoms with Crippen LogP contribution in [0.2, 0.25) is 0 Å². The zero-order chi connectivity index (χ0) is 11.1. The van der Waals surface area contributed by atoms with Crippen molar-refractivity contribution in [3.8, 4) is 0 Å². The largest absolute Gasteiger partial charge is 0.334 e. The zero-order valence-corrected chi connectivity index (χ0v) is 10.6. The van der Waals surface area contributed by atoms with Gasteiger partial charge in [-0.05, 0) is 42.2 Å². The quantitative estimate of drug-likeness (QED) is 0.745. The molecule has 0 radical (unpaired) electrons. The minimum atomic E-state index is 0.0930. The highest BCUT2D eigenvalue weighted by molar-refractivity contribution is 7.10. The van der Waals surface area contributed by atoms with Gasteiger partial charge in [0.2, 0.25) is 5.91 Å². The first-order valence-electron chi connectivity index (χ1n) is 5.73. The van der Waals surface area contributed by atoms with Gasteiger partial charge >= 0.3 is 0 Å². The van der Waals surface area contributed by atoms with E-state index in [9.17, 15) is 4.79 Å². The molecule has 2 nitrogen and oxygen atoms in total. The molecule has 1 unspecified atom stereocenters. The molecule has 1 amide bonds. The molecule has 2 heterocycles. The lowest BCUT2D eigenvalue weighted by atomic mass is 9.96. The van der Waals surface area contributed by atoms with Crippen LogP contribution in [0.3, 0.4) is 0 Å². The second-order valence-corrected chi connectivity index (χ2v) is 5.82. The molecule has 1 aromatic rings. The van der Waals surface area contributed by atoms with Crippen LogP contribution in [0.5, 0.6) is 0 Å². The van der Waals surface area contributed by atoms with Gasteiger partial charge in [0, 0.05) is 11.4 Å². The van der Waals surface area contributed by atoms with Crippen LogP contribution >= 0.6 is 22.9 Å². The molecule has 16 heavy (non-hydrogen) atoms. The van der Waals surface area contributed by atoms with Gasteiger partial charge in [0.05, 0.1) is 6.04 Å². The van der Waals surface area contributed by atoms with E-state index in [1.165, 1.54) is 23.3 Å². The average Bonchev–Trinajstić information content (AvgIpc) is 3.03. The maximum atomic E-state index is 11.8. The summed E-state index contributed by atoms with van der Waals surface area (Å²) >= 11 is 7.51. The van der Waals surface area contributed by atoms with E-state index in [-0.39, 0.29) is 11.8 Å². The molecule has 0 aromatic carbocycles. The average molecular weight is 256 g/mol. The third-order valence-electron chi connectivity index (χ3n) is 3.52. The van der Waals surface area contributed by atoms with Gasteiger partial charge in [0.25, 0.3) is 0 Å². The number of carbonyl (C=O) groups excluding carboxylic acids is 1. The Hall–Kier alpha value is -0.540. The fraction of sp³-hybridized carbons (Fsp3) is 0.583. The van der Waals surface area contributed by atoms with E-state index in [0.29, 0.717) is 12.0 Å². The minimum Gasteiger partial charge on any atom is -0.334 e. The van der Waals surface area contributed by atoms with Gasteiger partial charge in [-0.1, -0.05) is 0 Å². The van der Waals surface area contributed by atoms with Crippen LogP contribution in [0.15, 0.2) is 11.4 Å². The van der Waals surface area contributed by atoms with Gasteiger partial charge in [0.1, 0.15) is 5.88 Å². The Bertz CT molecular complexity index is 413. The summed E-state index contributed by atoms with van der Waals surface area (Å²) in [4.78, 5) is 15.3. The maximum Gasteiger partial charge on any atom is 0.238 e. The number of nitrogens with zero attached hydrogens (tertiary/aromatic N) is 1. The molecule has 2 aliphatic rings. The van der Waals surface area contributed by atoms with Crippen LogP contribution in [-0.2, 0) is 11.2 Å². The maximum absolute atomic E-state index is 11.8. The summed E-state index contributed by atoms with van der Waals surface area (Å²) in [5.41, 5.74) is 1.39. The highest BCUT2D eigenvalue weighted by Crippen LogP contribution is 2.48. The summed E-state index contributed by atoms with van der Waals surface area (Å²) in [6.07, 6.45) is 3.51. The Balaban J connectivity index is 1.94. The summed E-state index contributed by atoms with van der Waals surface area (Å²) in [5, 5.41) is 2.15. The van der Waals surface area contributed by atoms with Gasteiger partial charge in [-0.25, -0.2) is 0 Å². The Morgan fingerprint density at radius 1 is 1.56 bits per heavy atom. The molecule has 1 aliphatic carbocycles. The van der Waals surface area contributed by atoms with Crippen LogP contribution in [0.4, 0.5) is 0 Å². The SMILES string of the molecule is O=C(CCl)N1CCc2sccc2C1C1CC1. The first kappa shape index (κ1) is 10.6. The lowest BCUT2D eigenvalue weighted by molar-refractivity contribution is -0.131. The fourth-order valence-corrected chi connectivity index (χ4v) is 3.69. The number of halogens is 1. The van der Waals surface area contributed by atoms with Crippen molar-refractivity contribution < 1.29 is 4.79 Å². The molecule has 1 saturated carbocycles. The summed E-state index contributed by atoms with van der Waals surface area (Å²) in [6.45, 7) is 0.847. The lowest BCUT2D eigenvalue weighted by Gasteiger charge is -2.36. The minimum absolute atomic E-state index is 0.0930. The third-order valence-corrected chi connectivity index (χ3v) is 4.74. The molecule has 0 N–H and O–H groups in total. The summed E-state index contributed by atoms with van der Waals surface area (Å²) in [5.74, 6) is 0.888. The predicted molar refractivity (Wildman–Crippen MR) is 65.9 cm³/mol. The topological polar surface area (TPSA) is 20.3 Å². The molecule has 1 aromatic heterocycles. The molecule has 1 aliphatic heterocycles. The van der Waals surface area contributed by atoms with Crippen molar-refractivity contribution in [2.45, 2.75) is 25.3 Å². The number of hydrogen-bond acceptors (Lipinski definition) is 2. The third kappa shape index (κ3) is 1.66. The molecular formula is C12H14ClNOS. The van der Waals surface area contributed by atoms with E-state index >= 15 is 0 Å². The second kappa shape index (κ2) is 4.04. The van der Waals surface area contributed by atoms with E-state index in [4.69, 9.17) is 11.6 Å². The molecule has 4 heteroatoms. The summed E-state index contributed by atoms with van der Waals surface area (Å²) in [7, 11) is 0. The van der Waals surface area contributed by atoms with Crippen LogP contribution in [0, 0.1) is 5.92 Å². The monoisotopic (exact) mass is 255 g/mol. The Kier molecular flexibility index (Phi) is 2.68. The van der Waals surface area contributed by atoms with Crippen LogP contribution < -0.4 is 0 Å². The Labute approximate surface area is 104 Å². The molecular weight excluding hydrogens is 242 g/mol. The Morgan fingerprint density at radius 3 is 3.06 bits per heavy atom. The van der Waals surface area contributed by atoms with E-state index in [1.807, 2.05) is 16.2 Å². The summed E-state index contributed by atoms with van der Waals surface area (Å²) in [6, 6.07) is 2.51. The van der Waals surface area contributed by atoms with Crippen molar-refractivity contribution in [1.82, 2.24) is 4.90 Å². The molecule has 0 saturated heterocycles. The first-order chi connectivity index (χ1) is 7.81. The van der Waals surface area contributed by atoms with E-state index in [2.05, 4.69) is 11.4 Å². The number of hydrogen-bond donors (Lipinski definition) is 0. The number of alkyl halides is 1. The van der Waals surface area contributed by atoms with Gasteiger partial charge < -0.3 is 4.90 Å². The number of thiophene rings is 1. The van der Waals surface area contributed by atoms with Crippen LogP contribution in [0.25, 0.3) is 0 Å². The van der Waals surface area contributed by atoms with Gasteiger partial charge in [-0.2, -0.15) is 0 Å². The number of fused-ring (bicyclic) bond motifs is 1. The van der Waals surface area contributed by atoms with Crippen molar-refractivity contribution in [1.29, 1.82) is 0 Å². The van der Waals surface area contributed by atoms with Gasteiger partial charge in [-0.3, -0.25) is 4.79 Å². The Morgan fingerprint density at radius 2 is 2.38 bits per heavy atom. The predicted octanol–water partition coefficient (Wildman–Crippen LogP) is 2.82. The van der Waals surface area contributed by atoms with Crippen molar-refractivity contribution >= 4 is 28.8 Å². The lowest BCUT2D eigenvalue weighted by Crippen LogP contribution is -2.41. The smallest absolute Gasteiger partial charge is 0.238 e. The molecule has 1 atom stereocenters. The van der Waals surface area contributed by atoms with E-state index in [1.54, 1.807) is 0 Å². The van der Waals surface area contributed by atoms with Crippen LogP contribution in [0.1, 0.15) is 29.3 Å². The highest BCUT2D eigenvalue weighted by atomic mass is 35.5. The van der Waals surface area contributed by atoms with Crippen molar-refractivity contribution in [2.75, 3.05) is 12.4 Å². The molecule has 86 valence electrons. The first-order valence-corrected chi connectivity index (χ1v) is 7.14. The highest BCUT2D eigenvalue weighted by Gasteiger charge is 2.41. The fourth-order valence-electron chi connectivity index (χ4n) is 2.62. The van der Waals surface area contributed by atoms with E-state index < -0.39 is 0 Å². The van der Waals surface area contributed by atoms with Crippen molar-refractivity contribution in [2.24, 2.45) is 5.92 Å². The number of rotatable bonds is 2. The molecule has 0 bridgehead atoms. The number of carbonyl (C=O) groups is 1. The molecule has 0 spiro atoms. The van der Waals surface area contributed by atoms with Gasteiger partial charge in [0.15, 0.2) is 0 Å². The number of amides is 1. The standard InChI is InChI=1S/C12H14ClNOS/c13-7-11(15)14-5-3-10-9(4-6-16-10)12(14)8-1-2-8/h4,6,8,12H,1-3,5,7H2. The second-order valence-electron chi connectivity index (χ2n) is 4.55. The van der Waals surface area contributed by atoms with Crippen molar-refractivity contribution in [3.63, 3.8) is 0 Å².